The van der Waals surface area contributed by atoms with E-state index in [1.807, 2.05) is 72.9 Å². The first-order chi connectivity index (χ1) is 24.8. The molecule has 10 aromatic rings. The monoisotopic (exact) mass is 657 g/mol. The van der Waals surface area contributed by atoms with Gasteiger partial charge >= 0.3 is 0 Å². The molecule has 0 saturated heterocycles. The fraction of sp³-hybridized carbons (Fsp3) is 0. The summed E-state index contributed by atoms with van der Waals surface area (Å²) in [5, 5.41) is 3.47. The number of para-hydroxylation sites is 1. The van der Waals surface area contributed by atoms with Gasteiger partial charge in [-0.15, -0.1) is 11.3 Å². The van der Waals surface area contributed by atoms with Crippen LogP contribution in [0.1, 0.15) is 0 Å². The smallest absolute Gasteiger partial charge is 0.164 e. The molecule has 10 rings (SSSR count). The van der Waals surface area contributed by atoms with Gasteiger partial charge in [-0.05, 0) is 65.7 Å². The molecular weight excluding hydrogens is 631 g/mol. The van der Waals surface area contributed by atoms with Gasteiger partial charge in [0.05, 0.1) is 16.6 Å². The fourth-order valence-electron chi connectivity index (χ4n) is 6.99. The summed E-state index contributed by atoms with van der Waals surface area (Å²) in [5.74, 6) is 1.97. The summed E-state index contributed by atoms with van der Waals surface area (Å²) in [6, 6.07) is 54.9. The lowest BCUT2D eigenvalue weighted by Crippen LogP contribution is -2.00. The average Bonchev–Trinajstić information content (AvgIpc) is 3.74. The zero-order valence-corrected chi connectivity index (χ0v) is 27.5. The average molecular weight is 658 g/mol. The molecule has 0 spiro atoms. The fourth-order valence-corrected chi connectivity index (χ4v) is 8.10. The van der Waals surface area contributed by atoms with Crippen molar-refractivity contribution in [2.45, 2.75) is 0 Å². The quantitative estimate of drug-likeness (QED) is 0.185. The van der Waals surface area contributed by atoms with E-state index in [0.717, 1.165) is 60.8 Å². The highest BCUT2D eigenvalue weighted by Gasteiger charge is 2.18. The Morgan fingerprint density at radius 3 is 1.80 bits per heavy atom. The van der Waals surface area contributed by atoms with Crippen LogP contribution in [0.3, 0.4) is 0 Å². The van der Waals surface area contributed by atoms with Crippen LogP contribution in [0.4, 0.5) is 0 Å². The second-order valence-corrected chi connectivity index (χ2v) is 13.4. The van der Waals surface area contributed by atoms with Crippen LogP contribution in [0, 0.1) is 0 Å². The van der Waals surface area contributed by atoms with Crippen LogP contribution in [-0.2, 0) is 0 Å². The second-order valence-electron chi connectivity index (χ2n) is 12.3. The molecule has 4 heterocycles. The van der Waals surface area contributed by atoms with Gasteiger partial charge in [0, 0.05) is 54.1 Å². The van der Waals surface area contributed by atoms with E-state index in [2.05, 4.69) is 95.6 Å². The molecule has 0 aliphatic heterocycles. The Morgan fingerprint density at radius 2 is 1.08 bits per heavy atom. The van der Waals surface area contributed by atoms with Crippen molar-refractivity contribution in [2.75, 3.05) is 0 Å². The third-order valence-electron chi connectivity index (χ3n) is 9.30. The van der Waals surface area contributed by atoms with Gasteiger partial charge in [-0.25, -0.2) is 15.0 Å². The van der Waals surface area contributed by atoms with Crippen molar-refractivity contribution < 1.29 is 0 Å². The molecule has 4 aromatic heterocycles. The Balaban J connectivity index is 1.16. The van der Waals surface area contributed by atoms with E-state index < -0.39 is 0 Å². The van der Waals surface area contributed by atoms with E-state index >= 15 is 0 Å². The van der Waals surface area contributed by atoms with Crippen molar-refractivity contribution in [1.29, 1.82) is 0 Å². The van der Waals surface area contributed by atoms with Crippen molar-refractivity contribution >= 4 is 53.4 Å². The molecule has 0 aliphatic carbocycles. The molecular formula is C44H27N5S. The number of pyridine rings is 1. The third-order valence-corrected chi connectivity index (χ3v) is 10.4. The minimum atomic E-state index is 0.656. The van der Waals surface area contributed by atoms with Crippen molar-refractivity contribution in [1.82, 2.24) is 24.5 Å². The molecule has 0 fully saturated rings. The molecule has 0 amide bonds. The van der Waals surface area contributed by atoms with Crippen LogP contribution in [0.2, 0.25) is 0 Å². The predicted octanol–water partition coefficient (Wildman–Crippen LogP) is 11.4. The normalized spacial score (nSPS) is 11.6. The summed E-state index contributed by atoms with van der Waals surface area (Å²) >= 11 is 1.80. The van der Waals surface area contributed by atoms with E-state index in [1.165, 1.54) is 14.8 Å². The van der Waals surface area contributed by atoms with Crippen LogP contribution < -0.4 is 0 Å². The molecule has 0 unspecified atom stereocenters. The van der Waals surface area contributed by atoms with E-state index in [4.69, 9.17) is 19.9 Å². The maximum absolute atomic E-state index is 5.08. The molecule has 5 nitrogen and oxygen atoms in total. The Kier molecular flexibility index (Phi) is 6.60. The topological polar surface area (TPSA) is 56.5 Å². The third kappa shape index (κ3) is 4.69. The summed E-state index contributed by atoms with van der Waals surface area (Å²) in [4.78, 5) is 19.9. The SMILES string of the molecule is c1ccc(-c2nc(-c3ccccc3)nc(-c3cccc4sc5ccc(-c6ccc7c(c6)c6ncccc6n7-c6ccccc6)cc5c34)n2)cc1. The Hall–Kier alpha value is -6.50. The number of fused-ring (bicyclic) bond motifs is 6. The summed E-state index contributed by atoms with van der Waals surface area (Å²) in [7, 11) is 0. The molecule has 6 aromatic carbocycles. The molecule has 0 atom stereocenters. The first-order valence-electron chi connectivity index (χ1n) is 16.6. The van der Waals surface area contributed by atoms with E-state index in [0.29, 0.717) is 17.5 Å². The number of aromatic nitrogens is 5. The maximum atomic E-state index is 5.08. The van der Waals surface area contributed by atoms with E-state index in [1.54, 1.807) is 11.3 Å². The minimum Gasteiger partial charge on any atom is -0.308 e. The lowest BCUT2D eigenvalue weighted by molar-refractivity contribution is 1.08. The van der Waals surface area contributed by atoms with Gasteiger partial charge in [-0.1, -0.05) is 103 Å². The standard InChI is InChI=1S/C44H27N5S/c1-4-12-28(13-5-1)42-46-43(29-14-6-2-7-15-29)48-44(47-42)33-18-10-20-39-40(33)35-27-31(22-24-38(35)50-39)30-21-23-36-34(26-30)41-37(19-11-25-45-41)49(36)32-16-8-3-9-17-32/h1-27H. The first-order valence-corrected chi connectivity index (χ1v) is 17.4. The Bertz CT molecular complexity index is 2800. The molecule has 0 bridgehead atoms. The lowest BCUT2D eigenvalue weighted by Gasteiger charge is -2.10. The number of hydrogen-bond acceptors (Lipinski definition) is 5. The predicted molar refractivity (Wildman–Crippen MR) is 207 cm³/mol. The zero-order valence-electron chi connectivity index (χ0n) is 26.7. The van der Waals surface area contributed by atoms with Crippen LogP contribution >= 0.6 is 11.3 Å². The number of hydrogen-bond donors (Lipinski definition) is 0. The highest BCUT2D eigenvalue weighted by Crippen LogP contribution is 2.42. The van der Waals surface area contributed by atoms with Gasteiger partial charge in [-0.3, -0.25) is 4.98 Å². The van der Waals surface area contributed by atoms with E-state index in [9.17, 15) is 0 Å². The van der Waals surface area contributed by atoms with Gasteiger partial charge in [0.1, 0.15) is 0 Å². The summed E-state index contributed by atoms with van der Waals surface area (Å²) in [6.45, 7) is 0. The number of nitrogens with zero attached hydrogens (tertiary/aromatic N) is 5. The first kappa shape index (κ1) is 28.5. The zero-order chi connectivity index (χ0) is 33.0. The maximum Gasteiger partial charge on any atom is 0.164 e. The number of thiophene rings is 1. The van der Waals surface area contributed by atoms with Crippen LogP contribution in [0.5, 0.6) is 0 Å². The highest BCUT2D eigenvalue weighted by molar-refractivity contribution is 7.26. The largest absolute Gasteiger partial charge is 0.308 e. The number of benzene rings is 6. The van der Waals surface area contributed by atoms with Gasteiger partial charge in [0.15, 0.2) is 17.5 Å². The summed E-state index contributed by atoms with van der Waals surface area (Å²) < 4.78 is 4.72. The molecule has 50 heavy (non-hydrogen) atoms. The van der Waals surface area contributed by atoms with Crippen LogP contribution in [0.25, 0.3) is 93.1 Å². The Labute approximate surface area is 291 Å². The van der Waals surface area contributed by atoms with Crippen molar-refractivity contribution in [3.05, 3.63) is 164 Å². The molecule has 6 heteroatoms. The van der Waals surface area contributed by atoms with E-state index in [-0.39, 0.29) is 0 Å². The van der Waals surface area contributed by atoms with Crippen molar-refractivity contribution in [3.63, 3.8) is 0 Å². The van der Waals surface area contributed by atoms with Gasteiger partial charge in [0.2, 0.25) is 0 Å². The van der Waals surface area contributed by atoms with Crippen LogP contribution in [0.15, 0.2) is 164 Å². The Morgan fingerprint density at radius 1 is 0.440 bits per heavy atom. The summed E-state index contributed by atoms with van der Waals surface area (Å²) in [5.41, 5.74) is 9.55. The van der Waals surface area contributed by atoms with Crippen LogP contribution in [-0.4, -0.2) is 24.5 Å². The number of rotatable bonds is 5. The minimum absolute atomic E-state index is 0.656. The molecule has 234 valence electrons. The summed E-state index contributed by atoms with van der Waals surface area (Å²) in [6.07, 6.45) is 1.88. The highest BCUT2D eigenvalue weighted by atomic mass is 32.1. The molecule has 0 aliphatic rings. The second kappa shape index (κ2) is 11.6. The van der Waals surface area contributed by atoms with Crippen molar-refractivity contribution in [2.24, 2.45) is 0 Å². The van der Waals surface area contributed by atoms with Gasteiger partial charge in [-0.2, -0.15) is 0 Å². The van der Waals surface area contributed by atoms with Gasteiger partial charge < -0.3 is 4.57 Å². The van der Waals surface area contributed by atoms with Gasteiger partial charge in [0.25, 0.3) is 0 Å². The lowest BCUT2D eigenvalue weighted by atomic mass is 9.99. The molecule has 0 N–H and O–H groups in total. The molecule has 0 radical (unpaired) electrons. The molecule has 0 saturated carbocycles. The van der Waals surface area contributed by atoms with Crippen molar-refractivity contribution in [3.8, 4) is 51.0 Å².